The number of carbonyl (C=O) groups excluding carboxylic acids is 4. The Hall–Kier alpha value is -4.88. The number of ether oxygens (including phenoxy) is 4. The molecule has 20 heteroatoms. The molecule has 0 bridgehead atoms. The molecule has 2 saturated carbocycles. The fourth-order valence-electron chi connectivity index (χ4n) is 7.97. The number of carbonyl (C=O) groups is 4. The summed E-state index contributed by atoms with van der Waals surface area (Å²) in [6, 6.07) is 1.16. The Morgan fingerprint density at radius 3 is 2.41 bits per heavy atom. The molecule has 4 amide bonds. The number of nitrogens with one attached hydrogen (secondary N) is 3. The van der Waals surface area contributed by atoms with Crippen molar-refractivity contribution in [3.8, 4) is 17.5 Å². The molecule has 15 nitrogen and oxygen atoms in total. The van der Waals surface area contributed by atoms with Crippen LogP contribution >= 0.6 is 0 Å². The third kappa shape index (κ3) is 9.33. The molecular weight excluding hydrogens is 831 g/mol. The van der Waals surface area contributed by atoms with E-state index in [2.05, 4.69) is 20.3 Å². The van der Waals surface area contributed by atoms with E-state index >= 15 is 4.39 Å². The summed E-state index contributed by atoms with van der Waals surface area (Å²) >= 11 is 0. The normalized spacial score (nSPS) is 28.0. The minimum absolute atomic E-state index is 0.0567. The fourth-order valence-corrected chi connectivity index (χ4v) is 9.28. The zero-order chi connectivity index (χ0) is 44.9. The number of hydrogen-bond acceptors (Lipinski definition) is 11. The van der Waals surface area contributed by atoms with Crippen LogP contribution in [0, 0.1) is 23.6 Å². The van der Waals surface area contributed by atoms with Crippen molar-refractivity contribution in [2.24, 2.45) is 17.8 Å². The number of benzene rings is 1. The molecule has 3 heterocycles. The smallest absolute Gasteiger partial charge is 0.427 e. The van der Waals surface area contributed by atoms with Crippen LogP contribution < -0.4 is 29.6 Å². The van der Waals surface area contributed by atoms with E-state index in [0.29, 0.717) is 51.3 Å². The number of nitrogens with zero attached hydrogens (tertiary/aromatic N) is 2. The van der Waals surface area contributed by atoms with Crippen LogP contribution in [0.5, 0.6) is 17.5 Å². The lowest BCUT2D eigenvalue weighted by Gasteiger charge is -2.35. The van der Waals surface area contributed by atoms with Gasteiger partial charge in [0.05, 0.1) is 25.5 Å². The van der Waals surface area contributed by atoms with Crippen molar-refractivity contribution >= 4 is 44.6 Å². The molecule has 4 aliphatic rings. The Kier molecular flexibility index (Phi) is 12.5. The number of methoxy groups -OCH3 is 2. The predicted octanol–water partition coefficient (Wildman–Crippen LogP) is 5.45. The monoisotopic (exact) mass is 883 g/mol. The van der Waals surface area contributed by atoms with Gasteiger partial charge in [-0.3, -0.25) is 19.1 Å². The van der Waals surface area contributed by atoms with Crippen LogP contribution in [0.1, 0.15) is 86.0 Å². The van der Waals surface area contributed by atoms with E-state index in [4.69, 9.17) is 18.9 Å². The summed E-state index contributed by atoms with van der Waals surface area (Å²) in [5.41, 5.74) is -4.63. The molecule has 2 aromatic rings. The molecule has 1 saturated heterocycles. The van der Waals surface area contributed by atoms with Gasteiger partial charge in [0.25, 0.3) is 5.91 Å². The average Bonchev–Trinajstić information content (AvgIpc) is 4.06. The molecule has 3 N–H and O–H groups in total. The van der Waals surface area contributed by atoms with Crippen LogP contribution in [0.15, 0.2) is 30.4 Å². The highest BCUT2D eigenvalue weighted by molar-refractivity contribution is 7.91. The Bertz CT molecular complexity index is 2200. The van der Waals surface area contributed by atoms with Crippen molar-refractivity contribution in [2.75, 3.05) is 20.8 Å². The molecule has 336 valence electrons. The largest absolute Gasteiger partial charge is 0.494 e. The minimum atomic E-state index is -4.95. The summed E-state index contributed by atoms with van der Waals surface area (Å²) < 4.78 is 106. The first kappa shape index (κ1) is 45.6. The SMILES string of the molecule is CCC1CC(C)CCC=CC2CC2(C(=O)NS(=O)(=O)C2(C)CC2)NC(=O)C2CC(Oc3nc(OC)cc4cc(OC)c(F)cc34)CN2C(=O)C1NC(=O)OC(C)(C)C(F)(F)F. The highest BCUT2D eigenvalue weighted by Crippen LogP contribution is 2.48. The summed E-state index contributed by atoms with van der Waals surface area (Å²) in [4.78, 5) is 62.3. The molecule has 61 heavy (non-hydrogen) atoms. The maximum absolute atomic E-state index is 15.1. The lowest BCUT2D eigenvalue weighted by Crippen LogP contribution is -2.60. The Morgan fingerprint density at radius 2 is 1.79 bits per heavy atom. The summed E-state index contributed by atoms with van der Waals surface area (Å²) in [5, 5.41) is 5.77. The number of rotatable bonds is 10. The molecule has 6 rings (SSSR count). The second-order valence-corrected chi connectivity index (χ2v) is 19.5. The summed E-state index contributed by atoms with van der Waals surface area (Å²) in [6.45, 7) is 6.22. The number of alkyl carbamates (subject to hydrolysis) is 1. The van der Waals surface area contributed by atoms with Crippen molar-refractivity contribution in [3.05, 3.63) is 36.2 Å². The van der Waals surface area contributed by atoms with Gasteiger partial charge in [0.2, 0.25) is 39.2 Å². The van der Waals surface area contributed by atoms with Gasteiger partial charge in [0, 0.05) is 23.8 Å². The molecule has 3 fully saturated rings. The van der Waals surface area contributed by atoms with Crippen LogP contribution in [0.3, 0.4) is 0 Å². The van der Waals surface area contributed by atoms with Crippen LogP contribution in [0.25, 0.3) is 10.8 Å². The Labute approximate surface area is 351 Å². The summed E-state index contributed by atoms with van der Waals surface area (Å²) in [5.74, 6) is -4.79. The molecule has 7 atom stereocenters. The minimum Gasteiger partial charge on any atom is -0.494 e. The van der Waals surface area contributed by atoms with Crippen molar-refractivity contribution < 1.29 is 64.1 Å². The molecular formula is C41H53F4N5O10S. The van der Waals surface area contributed by atoms with E-state index in [1.165, 1.54) is 33.3 Å². The van der Waals surface area contributed by atoms with E-state index < -0.39 is 91.7 Å². The van der Waals surface area contributed by atoms with Gasteiger partial charge in [-0.2, -0.15) is 18.2 Å². The average molecular weight is 884 g/mol. The zero-order valence-corrected chi connectivity index (χ0v) is 35.9. The summed E-state index contributed by atoms with van der Waals surface area (Å²) in [7, 11) is -1.47. The number of fused-ring (bicyclic) bond motifs is 3. The van der Waals surface area contributed by atoms with Crippen LogP contribution in [-0.2, 0) is 29.1 Å². The maximum Gasteiger partial charge on any atom is 0.427 e. The molecule has 7 unspecified atom stereocenters. The van der Waals surface area contributed by atoms with Crippen LogP contribution in [-0.4, -0.2) is 103 Å². The van der Waals surface area contributed by atoms with Crippen molar-refractivity contribution in [1.29, 1.82) is 0 Å². The topological polar surface area (TPSA) is 192 Å². The first-order valence-corrected chi connectivity index (χ1v) is 21.8. The number of amides is 4. The highest BCUT2D eigenvalue weighted by Gasteiger charge is 2.63. The van der Waals surface area contributed by atoms with Crippen molar-refractivity contribution in [3.63, 3.8) is 0 Å². The summed E-state index contributed by atoms with van der Waals surface area (Å²) in [6.07, 6.45) is -1.65. The van der Waals surface area contributed by atoms with E-state index in [0.717, 1.165) is 11.0 Å². The second kappa shape index (κ2) is 16.8. The van der Waals surface area contributed by atoms with Gasteiger partial charge in [0.15, 0.2) is 11.6 Å². The Balaban J connectivity index is 1.40. The number of aromatic nitrogens is 1. The van der Waals surface area contributed by atoms with Gasteiger partial charge in [-0.25, -0.2) is 17.6 Å². The lowest BCUT2D eigenvalue weighted by molar-refractivity contribution is -0.244. The van der Waals surface area contributed by atoms with Gasteiger partial charge in [0.1, 0.15) is 23.7 Å². The highest BCUT2D eigenvalue weighted by atomic mass is 32.2. The van der Waals surface area contributed by atoms with Gasteiger partial charge in [-0.05, 0) is 88.7 Å². The fraction of sp³-hybridized carbons (Fsp3) is 0.634. The first-order valence-electron chi connectivity index (χ1n) is 20.3. The second-order valence-electron chi connectivity index (χ2n) is 17.3. The van der Waals surface area contributed by atoms with E-state index in [1.807, 2.05) is 13.0 Å². The third-order valence-corrected chi connectivity index (χ3v) is 14.6. The molecule has 2 aliphatic carbocycles. The number of halogens is 4. The number of pyridine rings is 1. The molecule has 1 aromatic carbocycles. The van der Waals surface area contributed by atoms with Crippen molar-refractivity contribution in [1.82, 2.24) is 25.2 Å². The molecule has 0 radical (unpaired) electrons. The lowest BCUT2D eigenvalue weighted by atomic mass is 9.85. The van der Waals surface area contributed by atoms with Crippen LogP contribution in [0.4, 0.5) is 22.4 Å². The number of alkyl halides is 3. The third-order valence-electron chi connectivity index (χ3n) is 12.4. The molecule has 0 spiro atoms. The standard InChI is InChI=1S/C41H53F4N5O10S/c1-8-23-15-22(2)11-9-10-12-25-20-40(25,36(53)49-61(55,56)39(5)13-14-39)48-33(51)29-18-26(21-50(29)35(52)32(23)47-37(54)60-38(3,4)41(43,44)45)59-34-27-19-28(42)30(57-6)16-24(27)17-31(46-34)58-7/h10,12,16-17,19,22-23,25-26,29,32H,8-9,11,13-15,18,20-21H2,1-7H3,(H,47,54)(H,48,51)(H,49,53). The predicted molar refractivity (Wildman–Crippen MR) is 212 cm³/mol. The quantitative estimate of drug-likeness (QED) is 0.203. The Morgan fingerprint density at radius 1 is 1.08 bits per heavy atom. The van der Waals surface area contributed by atoms with Gasteiger partial charge in [-0.15, -0.1) is 0 Å². The van der Waals surface area contributed by atoms with Gasteiger partial charge in [-0.1, -0.05) is 32.4 Å². The maximum atomic E-state index is 15.1. The van der Waals surface area contributed by atoms with E-state index in [1.54, 1.807) is 13.0 Å². The molecule has 2 aliphatic heterocycles. The van der Waals surface area contributed by atoms with Gasteiger partial charge >= 0.3 is 12.3 Å². The zero-order valence-electron chi connectivity index (χ0n) is 35.1. The van der Waals surface area contributed by atoms with Crippen molar-refractivity contribution in [2.45, 2.75) is 126 Å². The number of hydrogen-bond donors (Lipinski definition) is 3. The van der Waals surface area contributed by atoms with E-state index in [-0.39, 0.29) is 54.6 Å². The van der Waals surface area contributed by atoms with Crippen LogP contribution in [0.2, 0.25) is 0 Å². The van der Waals surface area contributed by atoms with E-state index in [9.17, 15) is 40.8 Å². The first-order chi connectivity index (χ1) is 28.5. The van der Waals surface area contributed by atoms with Gasteiger partial charge < -0.3 is 34.5 Å². The number of allylic oxidation sites excluding steroid dienone is 1. The number of sulfonamides is 1. The molecule has 1 aromatic heterocycles.